The largest absolute Gasteiger partial charge is 0.493 e. The molecule has 0 saturated carbocycles. The number of fused-ring (bicyclic) bond motifs is 1. The van der Waals surface area contributed by atoms with Gasteiger partial charge in [0.1, 0.15) is 11.4 Å². The van der Waals surface area contributed by atoms with Crippen molar-refractivity contribution in [3.05, 3.63) is 65.2 Å². The zero-order valence-electron chi connectivity index (χ0n) is 11.1. The van der Waals surface area contributed by atoms with Crippen molar-refractivity contribution in [3.63, 3.8) is 0 Å². The normalized spacial score (nSPS) is 21.2. The van der Waals surface area contributed by atoms with Crippen molar-refractivity contribution in [2.75, 3.05) is 6.61 Å². The summed E-state index contributed by atoms with van der Waals surface area (Å²) in [6, 6.07) is 15.9. The smallest absolute Gasteiger partial charge is 0.125 e. The van der Waals surface area contributed by atoms with Crippen LogP contribution in [-0.4, -0.2) is 11.7 Å². The molecular weight excluding hydrogens is 236 g/mol. The van der Waals surface area contributed by atoms with Gasteiger partial charge in [-0.05, 0) is 37.0 Å². The van der Waals surface area contributed by atoms with Crippen molar-refractivity contribution in [2.24, 2.45) is 0 Å². The number of benzene rings is 2. The fraction of sp³-hybridized carbons (Fsp3) is 0.294. The number of rotatable bonds is 3. The molecule has 0 aliphatic heterocycles. The molecule has 2 aromatic rings. The molecule has 0 heterocycles. The van der Waals surface area contributed by atoms with E-state index in [0.717, 1.165) is 29.7 Å². The van der Waals surface area contributed by atoms with Crippen LogP contribution < -0.4 is 4.74 Å². The molecule has 1 atom stereocenters. The highest BCUT2D eigenvalue weighted by atomic mass is 16.5. The summed E-state index contributed by atoms with van der Waals surface area (Å²) in [4.78, 5) is 0. The Morgan fingerprint density at radius 3 is 2.53 bits per heavy atom. The zero-order chi connectivity index (χ0) is 13.3. The molecule has 0 bridgehead atoms. The van der Waals surface area contributed by atoms with Gasteiger partial charge in [0.2, 0.25) is 0 Å². The monoisotopic (exact) mass is 254 g/mol. The molecule has 2 aromatic carbocycles. The topological polar surface area (TPSA) is 29.5 Å². The maximum atomic E-state index is 11.1. The second kappa shape index (κ2) is 4.71. The second-order valence-electron chi connectivity index (χ2n) is 4.95. The number of ether oxygens (including phenoxy) is 1. The molecule has 0 fully saturated rings. The minimum absolute atomic E-state index is 0.606. The van der Waals surface area contributed by atoms with Gasteiger partial charge in [-0.3, -0.25) is 0 Å². The summed E-state index contributed by atoms with van der Waals surface area (Å²) in [5.41, 5.74) is 2.21. The molecule has 1 unspecified atom stereocenters. The van der Waals surface area contributed by atoms with Gasteiger partial charge in [-0.2, -0.15) is 0 Å². The molecule has 1 N–H and O–H groups in total. The first-order valence-electron chi connectivity index (χ1n) is 6.79. The Hall–Kier alpha value is -1.80. The van der Waals surface area contributed by atoms with E-state index in [1.54, 1.807) is 0 Å². The first-order chi connectivity index (χ1) is 9.25. The predicted molar refractivity (Wildman–Crippen MR) is 75.4 cm³/mol. The Labute approximate surface area is 113 Å². The van der Waals surface area contributed by atoms with Crippen LogP contribution in [0.3, 0.4) is 0 Å². The second-order valence-corrected chi connectivity index (χ2v) is 4.95. The molecule has 0 radical (unpaired) electrons. The highest BCUT2D eigenvalue weighted by Crippen LogP contribution is 2.44. The minimum Gasteiger partial charge on any atom is -0.493 e. The van der Waals surface area contributed by atoms with E-state index in [-0.39, 0.29) is 0 Å². The van der Waals surface area contributed by atoms with E-state index in [4.69, 9.17) is 4.74 Å². The Bertz CT molecular complexity index is 591. The molecule has 2 nitrogen and oxygen atoms in total. The van der Waals surface area contributed by atoms with Crippen molar-refractivity contribution >= 4 is 0 Å². The summed E-state index contributed by atoms with van der Waals surface area (Å²) < 4.78 is 5.67. The molecule has 98 valence electrons. The Kier molecular flexibility index (Phi) is 3.03. The molecule has 0 spiro atoms. The van der Waals surface area contributed by atoms with Crippen molar-refractivity contribution < 1.29 is 9.84 Å². The van der Waals surface area contributed by atoms with Crippen LogP contribution in [0.15, 0.2) is 48.5 Å². The van der Waals surface area contributed by atoms with Gasteiger partial charge in [-0.1, -0.05) is 42.5 Å². The van der Waals surface area contributed by atoms with Crippen LogP contribution in [0, 0.1) is 0 Å². The van der Waals surface area contributed by atoms with Crippen molar-refractivity contribution in [1.82, 2.24) is 0 Å². The molecule has 1 aliphatic rings. The summed E-state index contributed by atoms with van der Waals surface area (Å²) >= 11 is 0. The lowest BCUT2D eigenvalue weighted by molar-refractivity contribution is 0.0792. The molecule has 0 aromatic heterocycles. The number of aliphatic hydroxyl groups is 1. The molecule has 19 heavy (non-hydrogen) atoms. The maximum Gasteiger partial charge on any atom is 0.125 e. The Morgan fingerprint density at radius 2 is 1.74 bits per heavy atom. The van der Waals surface area contributed by atoms with Crippen molar-refractivity contribution in [2.45, 2.75) is 25.4 Å². The van der Waals surface area contributed by atoms with E-state index in [9.17, 15) is 5.11 Å². The summed E-state index contributed by atoms with van der Waals surface area (Å²) in [6.45, 7) is 2.57. The van der Waals surface area contributed by atoms with Crippen LogP contribution in [0.1, 0.15) is 30.0 Å². The molecule has 3 rings (SSSR count). The summed E-state index contributed by atoms with van der Waals surface area (Å²) in [6.07, 6.45) is 1.63. The summed E-state index contributed by atoms with van der Waals surface area (Å²) in [5, 5.41) is 11.1. The zero-order valence-corrected chi connectivity index (χ0v) is 11.1. The third-order valence-corrected chi connectivity index (χ3v) is 3.85. The van der Waals surface area contributed by atoms with Crippen molar-refractivity contribution in [1.29, 1.82) is 0 Å². The standard InChI is InChI=1S/C17H18O2/c1-2-19-16-10-6-5-9-15(16)17(18)12-11-13-7-3-4-8-14(13)17/h3-10,18H,2,11-12H2,1H3. The van der Waals surface area contributed by atoms with E-state index in [1.165, 1.54) is 5.56 Å². The quantitative estimate of drug-likeness (QED) is 0.911. The van der Waals surface area contributed by atoms with Gasteiger partial charge >= 0.3 is 0 Å². The van der Waals surface area contributed by atoms with Gasteiger partial charge in [0.15, 0.2) is 0 Å². The number of hydrogen-bond donors (Lipinski definition) is 1. The highest BCUT2D eigenvalue weighted by Gasteiger charge is 2.39. The van der Waals surface area contributed by atoms with Crippen LogP contribution in [0.4, 0.5) is 0 Å². The lowest BCUT2D eigenvalue weighted by Crippen LogP contribution is -2.24. The molecule has 2 heteroatoms. The van der Waals surface area contributed by atoms with E-state index in [2.05, 4.69) is 6.07 Å². The minimum atomic E-state index is -0.914. The van der Waals surface area contributed by atoms with Gasteiger partial charge in [-0.25, -0.2) is 0 Å². The number of aryl methyl sites for hydroxylation is 1. The van der Waals surface area contributed by atoms with Crippen LogP contribution in [0.2, 0.25) is 0 Å². The molecular formula is C17H18O2. The fourth-order valence-corrected chi connectivity index (χ4v) is 2.96. The third-order valence-electron chi connectivity index (χ3n) is 3.85. The summed E-state index contributed by atoms with van der Waals surface area (Å²) in [7, 11) is 0. The van der Waals surface area contributed by atoms with E-state index >= 15 is 0 Å². The first kappa shape index (κ1) is 12.2. The van der Waals surface area contributed by atoms with Gasteiger partial charge in [0, 0.05) is 5.56 Å². The maximum absolute atomic E-state index is 11.1. The Balaban J connectivity index is 2.12. The third kappa shape index (κ3) is 1.92. The van der Waals surface area contributed by atoms with Gasteiger partial charge in [0.25, 0.3) is 0 Å². The number of hydrogen-bond acceptors (Lipinski definition) is 2. The van der Waals surface area contributed by atoms with Crippen LogP contribution >= 0.6 is 0 Å². The van der Waals surface area contributed by atoms with Crippen molar-refractivity contribution in [3.8, 4) is 5.75 Å². The fourth-order valence-electron chi connectivity index (χ4n) is 2.96. The predicted octanol–water partition coefficient (Wildman–Crippen LogP) is 3.27. The van der Waals surface area contributed by atoms with Gasteiger partial charge in [-0.15, -0.1) is 0 Å². The SMILES string of the molecule is CCOc1ccccc1C1(O)CCc2ccccc21. The average Bonchev–Trinajstić information content (AvgIpc) is 2.79. The van der Waals surface area contributed by atoms with Crippen LogP contribution in [0.25, 0.3) is 0 Å². The van der Waals surface area contributed by atoms with E-state index in [1.807, 2.05) is 49.4 Å². The van der Waals surface area contributed by atoms with Gasteiger partial charge in [0.05, 0.1) is 6.61 Å². The molecule has 0 saturated heterocycles. The molecule has 1 aliphatic carbocycles. The van der Waals surface area contributed by atoms with E-state index < -0.39 is 5.60 Å². The summed E-state index contributed by atoms with van der Waals surface area (Å²) in [5.74, 6) is 0.782. The van der Waals surface area contributed by atoms with Crippen LogP contribution in [0.5, 0.6) is 5.75 Å². The van der Waals surface area contributed by atoms with E-state index in [0.29, 0.717) is 6.61 Å². The lowest BCUT2D eigenvalue weighted by atomic mass is 9.87. The Morgan fingerprint density at radius 1 is 1.05 bits per heavy atom. The van der Waals surface area contributed by atoms with Crippen LogP contribution in [-0.2, 0) is 12.0 Å². The molecule has 0 amide bonds. The highest BCUT2D eigenvalue weighted by molar-refractivity contribution is 5.50. The van der Waals surface area contributed by atoms with Gasteiger partial charge < -0.3 is 9.84 Å². The number of para-hydroxylation sites is 1. The lowest BCUT2D eigenvalue weighted by Gasteiger charge is -2.26. The first-order valence-corrected chi connectivity index (χ1v) is 6.79. The average molecular weight is 254 g/mol.